The molecule has 0 saturated heterocycles. The number of aromatic nitrogens is 3. The molecule has 1 aromatic heterocycles. The lowest BCUT2D eigenvalue weighted by molar-refractivity contribution is -0.384. The van der Waals surface area contributed by atoms with Gasteiger partial charge < -0.3 is 15.4 Å². The van der Waals surface area contributed by atoms with Crippen molar-refractivity contribution in [1.29, 1.82) is 0 Å². The maximum atomic E-state index is 13.3. The Morgan fingerprint density at radius 2 is 1.82 bits per heavy atom. The lowest BCUT2D eigenvalue weighted by Crippen LogP contribution is -2.32. The number of nitrogens with one attached hydrogen (secondary N) is 2. The minimum Gasteiger partial charge on any atom is -0.492 e. The van der Waals surface area contributed by atoms with Gasteiger partial charge in [0.1, 0.15) is 11.6 Å². The van der Waals surface area contributed by atoms with Gasteiger partial charge in [0.25, 0.3) is 5.69 Å². The average Bonchev–Trinajstić information content (AvgIpc) is 3.34. The number of hydrogen-bond donors (Lipinski definition) is 2. The number of rotatable bonds is 10. The van der Waals surface area contributed by atoms with Crippen LogP contribution in [0.1, 0.15) is 31.3 Å². The Bertz CT molecular complexity index is 1410. The van der Waals surface area contributed by atoms with Crippen LogP contribution in [-0.4, -0.2) is 32.3 Å². The fourth-order valence-electron chi connectivity index (χ4n) is 3.62. The molecule has 0 aliphatic carbocycles. The number of urea groups is 1. The normalized spacial score (nSPS) is 11.6. The van der Waals surface area contributed by atoms with Gasteiger partial charge in [-0.15, -0.1) is 10.2 Å². The van der Waals surface area contributed by atoms with Gasteiger partial charge in [0.05, 0.1) is 23.3 Å². The maximum absolute atomic E-state index is 13.3. The number of anilines is 1. The van der Waals surface area contributed by atoms with E-state index in [1.807, 2.05) is 13.0 Å². The topological polar surface area (TPSA) is 124 Å². The summed E-state index contributed by atoms with van der Waals surface area (Å²) in [6.45, 7) is 4.07. The third-order valence-electron chi connectivity index (χ3n) is 5.43. The van der Waals surface area contributed by atoms with E-state index >= 15 is 0 Å². The molecule has 0 radical (unpaired) electrons. The van der Waals surface area contributed by atoms with Gasteiger partial charge in [-0.2, -0.15) is 0 Å². The van der Waals surface area contributed by atoms with Crippen LogP contribution in [0.15, 0.2) is 78.0 Å². The van der Waals surface area contributed by atoms with Gasteiger partial charge in [-0.1, -0.05) is 36.0 Å². The van der Waals surface area contributed by atoms with Crippen molar-refractivity contribution < 1.29 is 18.8 Å². The van der Waals surface area contributed by atoms with Crippen LogP contribution in [-0.2, 0) is 5.75 Å². The van der Waals surface area contributed by atoms with Crippen molar-refractivity contribution in [1.82, 2.24) is 20.1 Å². The summed E-state index contributed by atoms with van der Waals surface area (Å²) in [6, 6.07) is 18.2. The van der Waals surface area contributed by atoms with E-state index in [-0.39, 0.29) is 11.5 Å². The van der Waals surface area contributed by atoms with E-state index in [1.165, 1.54) is 36.0 Å². The molecule has 4 rings (SSSR count). The number of amides is 2. The molecule has 1 atom stereocenters. The molecule has 0 bridgehead atoms. The second kappa shape index (κ2) is 12.2. The number of carbonyl (C=O) groups excluding carboxylic acids is 1. The summed E-state index contributed by atoms with van der Waals surface area (Å²) < 4.78 is 20.6. The zero-order valence-corrected chi connectivity index (χ0v) is 21.4. The molecule has 2 amide bonds. The van der Waals surface area contributed by atoms with E-state index in [2.05, 4.69) is 20.8 Å². The number of benzene rings is 3. The molecule has 2 N–H and O–H groups in total. The van der Waals surface area contributed by atoms with Crippen LogP contribution in [0, 0.1) is 15.9 Å². The molecule has 0 saturated carbocycles. The molecule has 196 valence electrons. The number of ether oxygens (including phenoxy) is 1. The van der Waals surface area contributed by atoms with Crippen molar-refractivity contribution in [2.45, 2.75) is 30.8 Å². The van der Waals surface area contributed by atoms with Crippen LogP contribution in [0.25, 0.3) is 5.69 Å². The van der Waals surface area contributed by atoms with Gasteiger partial charge in [-0.25, -0.2) is 9.18 Å². The zero-order valence-electron chi connectivity index (χ0n) is 20.6. The molecule has 1 heterocycles. The Balaban J connectivity index is 1.58. The van der Waals surface area contributed by atoms with Crippen LogP contribution in [0.2, 0.25) is 0 Å². The second-order valence-corrected chi connectivity index (χ2v) is 9.06. The minimum atomic E-state index is -0.586. The van der Waals surface area contributed by atoms with Crippen LogP contribution < -0.4 is 15.4 Å². The van der Waals surface area contributed by atoms with Gasteiger partial charge in [-0.3, -0.25) is 14.7 Å². The molecule has 0 fully saturated rings. The molecule has 3 aromatic carbocycles. The van der Waals surface area contributed by atoms with Crippen molar-refractivity contribution >= 4 is 29.2 Å². The molecule has 10 nitrogen and oxygen atoms in total. The molecular formula is C26H25FN6O4S. The van der Waals surface area contributed by atoms with Crippen LogP contribution in [0.4, 0.5) is 20.6 Å². The van der Waals surface area contributed by atoms with E-state index in [4.69, 9.17) is 4.74 Å². The van der Waals surface area contributed by atoms with Crippen molar-refractivity contribution in [3.05, 3.63) is 100 Å². The van der Waals surface area contributed by atoms with Gasteiger partial charge in [-0.05, 0) is 55.8 Å². The summed E-state index contributed by atoms with van der Waals surface area (Å²) in [6.07, 6.45) is 0. The summed E-state index contributed by atoms with van der Waals surface area (Å²) >= 11 is 1.37. The highest BCUT2D eigenvalue weighted by atomic mass is 32.2. The number of thioether (sulfide) groups is 1. The Kier molecular flexibility index (Phi) is 8.54. The maximum Gasteiger partial charge on any atom is 0.319 e. The first-order chi connectivity index (χ1) is 18.4. The number of nitro groups is 1. The highest BCUT2D eigenvalue weighted by Gasteiger charge is 2.22. The highest BCUT2D eigenvalue weighted by molar-refractivity contribution is 7.98. The number of nitro benzene ring substituents is 1. The van der Waals surface area contributed by atoms with Gasteiger partial charge in [0.2, 0.25) is 0 Å². The first-order valence-corrected chi connectivity index (χ1v) is 12.7. The number of para-hydroxylation sites is 2. The Labute approximate surface area is 222 Å². The van der Waals surface area contributed by atoms with E-state index in [1.54, 1.807) is 54.0 Å². The third kappa shape index (κ3) is 6.45. The first-order valence-electron chi connectivity index (χ1n) is 11.7. The number of hydrogen-bond acceptors (Lipinski definition) is 7. The molecule has 0 aliphatic heterocycles. The molecular weight excluding hydrogens is 511 g/mol. The van der Waals surface area contributed by atoms with Crippen LogP contribution in [0.3, 0.4) is 0 Å². The fourth-order valence-corrected chi connectivity index (χ4v) is 4.54. The molecule has 4 aromatic rings. The predicted molar refractivity (Wildman–Crippen MR) is 142 cm³/mol. The monoisotopic (exact) mass is 536 g/mol. The van der Waals surface area contributed by atoms with E-state index in [0.717, 1.165) is 5.56 Å². The summed E-state index contributed by atoms with van der Waals surface area (Å²) in [5.41, 5.74) is 1.94. The first kappa shape index (κ1) is 26.6. The van der Waals surface area contributed by atoms with Gasteiger partial charge in [0.15, 0.2) is 11.0 Å². The zero-order chi connectivity index (χ0) is 27.1. The number of halogens is 1. The highest BCUT2D eigenvalue weighted by Crippen LogP contribution is 2.29. The van der Waals surface area contributed by atoms with Crippen LogP contribution in [0.5, 0.6) is 5.75 Å². The summed E-state index contributed by atoms with van der Waals surface area (Å²) in [7, 11) is 0. The van der Waals surface area contributed by atoms with E-state index in [9.17, 15) is 19.3 Å². The SMILES string of the molecule is CCOc1ccccc1NC(=O)NC(C)c1nnc(SCc2ccc(F)cc2)n1-c1ccc([N+](=O)[O-])cc1. The number of nitrogens with zero attached hydrogens (tertiary/aromatic N) is 4. The lowest BCUT2D eigenvalue weighted by Gasteiger charge is -2.17. The second-order valence-electron chi connectivity index (χ2n) is 8.11. The standard InChI is InChI=1S/C26H25FN6O4S/c1-3-37-23-7-5-4-6-22(23)29-25(34)28-17(2)24-30-31-26(38-16-18-8-10-19(27)11-9-18)32(24)20-12-14-21(15-13-20)33(35)36/h4-15,17H,3,16H2,1-2H3,(H2,28,29,34). The summed E-state index contributed by atoms with van der Waals surface area (Å²) in [4.78, 5) is 23.5. The van der Waals surface area contributed by atoms with Crippen molar-refractivity contribution in [2.75, 3.05) is 11.9 Å². The Hall–Kier alpha value is -4.45. The molecule has 0 spiro atoms. The summed E-state index contributed by atoms with van der Waals surface area (Å²) in [5.74, 6) is 1.14. The molecule has 12 heteroatoms. The smallest absolute Gasteiger partial charge is 0.319 e. The number of carbonyl (C=O) groups is 1. The quantitative estimate of drug-likeness (QED) is 0.147. The molecule has 1 unspecified atom stereocenters. The Morgan fingerprint density at radius 1 is 1.11 bits per heavy atom. The lowest BCUT2D eigenvalue weighted by atomic mass is 10.2. The van der Waals surface area contributed by atoms with Crippen molar-refractivity contribution in [3.63, 3.8) is 0 Å². The fraction of sp³-hybridized carbons (Fsp3) is 0.192. The minimum absolute atomic E-state index is 0.0533. The largest absolute Gasteiger partial charge is 0.492 e. The number of non-ortho nitro benzene ring substituents is 1. The molecule has 0 aliphatic rings. The Morgan fingerprint density at radius 3 is 2.50 bits per heavy atom. The van der Waals surface area contributed by atoms with Gasteiger partial charge in [0, 0.05) is 23.6 Å². The van der Waals surface area contributed by atoms with Crippen LogP contribution >= 0.6 is 11.8 Å². The summed E-state index contributed by atoms with van der Waals surface area (Å²) in [5, 5.41) is 25.9. The average molecular weight is 537 g/mol. The molecule has 38 heavy (non-hydrogen) atoms. The third-order valence-corrected chi connectivity index (χ3v) is 6.43. The van der Waals surface area contributed by atoms with E-state index in [0.29, 0.717) is 40.5 Å². The predicted octanol–water partition coefficient (Wildman–Crippen LogP) is 5.89. The van der Waals surface area contributed by atoms with Crippen molar-refractivity contribution in [3.8, 4) is 11.4 Å². The van der Waals surface area contributed by atoms with Crippen molar-refractivity contribution in [2.24, 2.45) is 0 Å². The van der Waals surface area contributed by atoms with Gasteiger partial charge >= 0.3 is 6.03 Å². The van der Waals surface area contributed by atoms with E-state index < -0.39 is 17.0 Å².